The monoisotopic (exact) mass is 226 g/mol. The summed E-state index contributed by atoms with van der Waals surface area (Å²) in [6, 6.07) is 0.262. The molecule has 0 aromatic carbocycles. The zero-order valence-corrected chi connectivity index (χ0v) is 11.1. The molecule has 0 aromatic rings. The first-order valence-corrected chi connectivity index (χ1v) is 6.51. The van der Waals surface area contributed by atoms with Crippen LogP contribution in [0, 0.1) is 5.41 Å². The van der Waals surface area contributed by atoms with Crippen LogP contribution in [-0.4, -0.2) is 24.5 Å². The minimum atomic E-state index is -0.0273. The van der Waals surface area contributed by atoms with Crippen molar-refractivity contribution in [2.75, 3.05) is 6.54 Å². The number of rotatable bonds is 4. The van der Waals surface area contributed by atoms with Gasteiger partial charge in [0.2, 0.25) is 5.91 Å². The summed E-state index contributed by atoms with van der Waals surface area (Å²) in [4.78, 5) is 12.1. The highest BCUT2D eigenvalue weighted by Crippen LogP contribution is 2.30. The van der Waals surface area contributed by atoms with Crippen LogP contribution in [0.1, 0.15) is 53.4 Å². The van der Waals surface area contributed by atoms with Gasteiger partial charge in [0.25, 0.3) is 0 Å². The Bertz CT molecular complexity index is 238. The molecule has 2 atom stereocenters. The third-order valence-electron chi connectivity index (χ3n) is 3.50. The normalized spacial score (nSPS) is 26.1. The molecule has 94 valence electrons. The van der Waals surface area contributed by atoms with E-state index in [4.69, 9.17) is 0 Å². The topological polar surface area (TPSA) is 41.1 Å². The lowest BCUT2D eigenvalue weighted by atomic mass is 9.77. The van der Waals surface area contributed by atoms with Gasteiger partial charge in [0, 0.05) is 6.04 Å². The van der Waals surface area contributed by atoms with Gasteiger partial charge >= 0.3 is 0 Å². The highest BCUT2D eigenvalue weighted by atomic mass is 16.2. The second kappa shape index (κ2) is 5.67. The van der Waals surface area contributed by atoms with Crippen molar-refractivity contribution < 1.29 is 4.79 Å². The smallest absolute Gasteiger partial charge is 0.237 e. The molecule has 0 aliphatic carbocycles. The Morgan fingerprint density at radius 3 is 2.81 bits per heavy atom. The van der Waals surface area contributed by atoms with Crippen molar-refractivity contribution in [3.8, 4) is 0 Å². The molecule has 1 heterocycles. The zero-order chi connectivity index (χ0) is 12.2. The Morgan fingerprint density at radius 2 is 2.25 bits per heavy atom. The van der Waals surface area contributed by atoms with Gasteiger partial charge in [-0.2, -0.15) is 0 Å². The van der Waals surface area contributed by atoms with E-state index in [-0.39, 0.29) is 23.4 Å². The van der Waals surface area contributed by atoms with Gasteiger partial charge in [-0.05, 0) is 38.1 Å². The molecular weight excluding hydrogens is 200 g/mol. The van der Waals surface area contributed by atoms with E-state index < -0.39 is 0 Å². The molecule has 3 heteroatoms. The van der Waals surface area contributed by atoms with Crippen LogP contribution < -0.4 is 10.6 Å². The van der Waals surface area contributed by atoms with Gasteiger partial charge in [-0.1, -0.05) is 27.2 Å². The van der Waals surface area contributed by atoms with Crippen LogP contribution in [0.15, 0.2) is 0 Å². The van der Waals surface area contributed by atoms with Crippen LogP contribution in [0.25, 0.3) is 0 Å². The average molecular weight is 226 g/mol. The fraction of sp³-hybridized carbons (Fsp3) is 0.923. The highest BCUT2D eigenvalue weighted by molar-refractivity contribution is 5.83. The van der Waals surface area contributed by atoms with Gasteiger partial charge in [-0.25, -0.2) is 0 Å². The van der Waals surface area contributed by atoms with Gasteiger partial charge in [-0.3, -0.25) is 4.79 Å². The van der Waals surface area contributed by atoms with Crippen LogP contribution in [-0.2, 0) is 4.79 Å². The first kappa shape index (κ1) is 13.5. The Balaban J connectivity index is 2.51. The largest absolute Gasteiger partial charge is 0.352 e. The first-order chi connectivity index (χ1) is 7.47. The molecule has 0 spiro atoms. The fourth-order valence-corrected chi connectivity index (χ4v) is 2.49. The molecule has 16 heavy (non-hydrogen) atoms. The predicted molar refractivity (Wildman–Crippen MR) is 67.3 cm³/mol. The Hall–Kier alpha value is -0.570. The number of carbonyl (C=O) groups excluding carboxylic acids is 1. The number of hydrogen-bond acceptors (Lipinski definition) is 2. The van der Waals surface area contributed by atoms with E-state index in [1.54, 1.807) is 0 Å². The molecule has 1 aliphatic heterocycles. The quantitative estimate of drug-likeness (QED) is 0.770. The molecule has 1 fully saturated rings. The molecule has 1 saturated heterocycles. The summed E-state index contributed by atoms with van der Waals surface area (Å²) in [5.41, 5.74) is 0.0776. The van der Waals surface area contributed by atoms with Gasteiger partial charge in [0.1, 0.15) is 0 Å². The van der Waals surface area contributed by atoms with Crippen molar-refractivity contribution >= 4 is 5.91 Å². The zero-order valence-electron chi connectivity index (χ0n) is 11.1. The maximum atomic E-state index is 12.1. The first-order valence-electron chi connectivity index (χ1n) is 6.51. The summed E-state index contributed by atoms with van der Waals surface area (Å²) >= 11 is 0. The van der Waals surface area contributed by atoms with Gasteiger partial charge < -0.3 is 10.6 Å². The minimum Gasteiger partial charge on any atom is -0.352 e. The fourth-order valence-electron chi connectivity index (χ4n) is 2.49. The van der Waals surface area contributed by atoms with E-state index in [1.807, 2.05) is 0 Å². The van der Waals surface area contributed by atoms with Crippen molar-refractivity contribution in [1.82, 2.24) is 10.6 Å². The summed E-state index contributed by atoms with van der Waals surface area (Å²) in [6.45, 7) is 9.54. The summed E-state index contributed by atoms with van der Waals surface area (Å²) < 4.78 is 0. The lowest BCUT2D eigenvalue weighted by Crippen LogP contribution is -2.56. The van der Waals surface area contributed by atoms with Crippen molar-refractivity contribution in [3.63, 3.8) is 0 Å². The Kier molecular flexibility index (Phi) is 4.78. The lowest BCUT2D eigenvalue weighted by molar-refractivity contribution is -0.127. The number of piperidine rings is 1. The molecule has 1 amide bonds. The lowest BCUT2D eigenvalue weighted by Gasteiger charge is -2.38. The molecule has 0 bridgehead atoms. The van der Waals surface area contributed by atoms with Crippen LogP contribution >= 0.6 is 0 Å². The van der Waals surface area contributed by atoms with Gasteiger partial charge in [0.15, 0.2) is 0 Å². The van der Waals surface area contributed by atoms with Crippen LogP contribution in [0.4, 0.5) is 0 Å². The summed E-state index contributed by atoms with van der Waals surface area (Å²) in [5, 5.41) is 6.45. The predicted octanol–water partition coefficient (Wildman–Crippen LogP) is 2.07. The number of carbonyl (C=O) groups is 1. The maximum absolute atomic E-state index is 12.1. The van der Waals surface area contributed by atoms with E-state index in [0.29, 0.717) is 0 Å². The third-order valence-corrected chi connectivity index (χ3v) is 3.50. The molecule has 1 rings (SSSR count). The van der Waals surface area contributed by atoms with E-state index in [2.05, 4.69) is 38.3 Å². The van der Waals surface area contributed by atoms with Crippen molar-refractivity contribution in [2.24, 2.45) is 5.41 Å². The molecule has 0 aromatic heterocycles. The molecule has 1 aliphatic rings. The van der Waals surface area contributed by atoms with E-state index in [9.17, 15) is 4.79 Å². The van der Waals surface area contributed by atoms with Crippen molar-refractivity contribution in [1.29, 1.82) is 0 Å². The standard InChI is InChI=1S/C13H26N2O/c1-5-7-10(2)15-12(16)11-13(3,4)8-6-9-14-11/h10-11,14H,5-9H2,1-4H3,(H,15,16). The minimum absolute atomic E-state index is 0.0273. The van der Waals surface area contributed by atoms with Crippen LogP contribution in [0.3, 0.4) is 0 Å². The van der Waals surface area contributed by atoms with E-state index in [0.717, 1.165) is 25.8 Å². The molecule has 2 unspecified atom stereocenters. The van der Waals surface area contributed by atoms with E-state index in [1.165, 1.54) is 6.42 Å². The average Bonchev–Trinajstić information content (AvgIpc) is 2.16. The summed E-state index contributed by atoms with van der Waals surface area (Å²) in [5.74, 6) is 0.172. The van der Waals surface area contributed by atoms with E-state index >= 15 is 0 Å². The number of amides is 1. The Morgan fingerprint density at radius 1 is 1.56 bits per heavy atom. The van der Waals surface area contributed by atoms with Crippen LogP contribution in [0.2, 0.25) is 0 Å². The second-order valence-corrected chi connectivity index (χ2v) is 5.68. The molecule has 0 radical (unpaired) electrons. The summed E-state index contributed by atoms with van der Waals surface area (Å²) in [6.07, 6.45) is 4.46. The van der Waals surface area contributed by atoms with Crippen molar-refractivity contribution in [3.05, 3.63) is 0 Å². The number of hydrogen-bond donors (Lipinski definition) is 2. The molecule has 2 N–H and O–H groups in total. The number of nitrogens with one attached hydrogen (secondary N) is 2. The third kappa shape index (κ3) is 3.48. The van der Waals surface area contributed by atoms with Crippen molar-refractivity contribution in [2.45, 2.75) is 65.5 Å². The highest BCUT2D eigenvalue weighted by Gasteiger charge is 2.37. The second-order valence-electron chi connectivity index (χ2n) is 5.68. The molecular formula is C13H26N2O. The molecule has 0 saturated carbocycles. The molecule has 3 nitrogen and oxygen atoms in total. The van der Waals surface area contributed by atoms with Gasteiger partial charge in [0.05, 0.1) is 6.04 Å². The van der Waals surface area contributed by atoms with Gasteiger partial charge in [-0.15, -0.1) is 0 Å². The Labute approximate surface area is 99.4 Å². The summed E-state index contributed by atoms with van der Waals surface area (Å²) in [7, 11) is 0. The van der Waals surface area contributed by atoms with Crippen LogP contribution in [0.5, 0.6) is 0 Å². The SMILES string of the molecule is CCCC(C)NC(=O)C1NCCCC1(C)C. The maximum Gasteiger partial charge on any atom is 0.237 e.